The zero-order valence-corrected chi connectivity index (χ0v) is 10.6. The van der Waals surface area contributed by atoms with E-state index in [0.29, 0.717) is 24.7 Å². The molecule has 0 radical (unpaired) electrons. The Bertz CT molecular complexity index is 234. The van der Waals surface area contributed by atoms with E-state index in [4.69, 9.17) is 4.74 Å². The summed E-state index contributed by atoms with van der Waals surface area (Å²) < 4.78 is 5.29. The summed E-state index contributed by atoms with van der Waals surface area (Å²) in [7, 11) is 0. The van der Waals surface area contributed by atoms with Gasteiger partial charge < -0.3 is 15.2 Å². The molecular weight excluding hydrogens is 202 g/mol. The Labute approximate surface area is 98.6 Å². The van der Waals surface area contributed by atoms with E-state index in [0.717, 1.165) is 19.4 Å². The van der Waals surface area contributed by atoms with Crippen molar-refractivity contribution in [3.05, 3.63) is 0 Å². The first kappa shape index (κ1) is 12.3. The second-order valence-corrected chi connectivity index (χ2v) is 6.15. The maximum atomic E-state index is 10.4. The summed E-state index contributed by atoms with van der Waals surface area (Å²) in [5.74, 6) is 0. The highest BCUT2D eigenvalue weighted by Gasteiger charge is 2.37. The second-order valence-electron chi connectivity index (χ2n) is 6.15. The molecule has 1 aliphatic carbocycles. The van der Waals surface area contributed by atoms with Crippen LogP contribution in [0.15, 0.2) is 0 Å². The van der Waals surface area contributed by atoms with Crippen molar-refractivity contribution in [2.75, 3.05) is 19.8 Å². The normalized spacial score (nSPS) is 32.8. The third-order valence-electron chi connectivity index (χ3n) is 4.36. The van der Waals surface area contributed by atoms with Crippen LogP contribution in [0.2, 0.25) is 0 Å². The summed E-state index contributed by atoms with van der Waals surface area (Å²) in [6.45, 7) is 6.78. The van der Waals surface area contributed by atoms with Crippen LogP contribution in [-0.2, 0) is 4.74 Å². The zero-order valence-electron chi connectivity index (χ0n) is 10.6. The van der Waals surface area contributed by atoms with Crippen molar-refractivity contribution in [3.63, 3.8) is 0 Å². The number of ether oxygens (including phenoxy) is 1. The van der Waals surface area contributed by atoms with Crippen LogP contribution in [-0.4, -0.2) is 36.5 Å². The van der Waals surface area contributed by atoms with Crippen LogP contribution in [0.3, 0.4) is 0 Å². The average Bonchev–Trinajstić information content (AvgIpc) is 2.56. The Morgan fingerprint density at radius 2 is 1.94 bits per heavy atom. The SMILES string of the molecule is CC1(C)CCCC1NCC1(O)CCOCC1. The van der Waals surface area contributed by atoms with Gasteiger partial charge in [-0.15, -0.1) is 0 Å². The van der Waals surface area contributed by atoms with E-state index in [2.05, 4.69) is 19.2 Å². The summed E-state index contributed by atoms with van der Waals surface area (Å²) in [5, 5.41) is 13.9. The van der Waals surface area contributed by atoms with Gasteiger partial charge >= 0.3 is 0 Å². The third-order valence-corrected chi connectivity index (χ3v) is 4.36. The first-order valence-corrected chi connectivity index (χ1v) is 6.55. The molecule has 0 aromatic rings. The number of aliphatic hydroxyl groups is 1. The van der Waals surface area contributed by atoms with E-state index < -0.39 is 5.60 Å². The van der Waals surface area contributed by atoms with Gasteiger partial charge in [-0.25, -0.2) is 0 Å². The van der Waals surface area contributed by atoms with E-state index in [9.17, 15) is 5.11 Å². The molecule has 1 heterocycles. The lowest BCUT2D eigenvalue weighted by atomic mass is 9.86. The number of hydrogen-bond donors (Lipinski definition) is 2. The summed E-state index contributed by atoms with van der Waals surface area (Å²) in [6, 6.07) is 0.569. The Kier molecular flexibility index (Phi) is 3.57. The molecule has 0 amide bonds. The van der Waals surface area contributed by atoms with Gasteiger partial charge in [-0.05, 0) is 18.3 Å². The van der Waals surface area contributed by atoms with Gasteiger partial charge in [0.1, 0.15) is 0 Å². The van der Waals surface area contributed by atoms with E-state index >= 15 is 0 Å². The van der Waals surface area contributed by atoms with E-state index in [-0.39, 0.29) is 0 Å². The summed E-state index contributed by atoms with van der Waals surface area (Å²) in [6.07, 6.45) is 5.40. The molecule has 2 N–H and O–H groups in total. The number of hydrogen-bond acceptors (Lipinski definition) is 3. The number of nitrogens with one attached hydrogen (secondary N) is 1. The molecule has 0 spiro atoms. The van der Waals surface area contributed by atoms with Crippen LogP contribution in [0.4, 0.5) is 0 Å². The van der Waals surface area contributed by atoms with Crippen LogP contribution >= 0.6 is 0 Å². The maximum absolute atomic E-state index is 10.4. The predicted octanol–water partition coefficient (Wildman–Crippen LogP) is 1.70. The highest BCUT2D eigenvalue weighted by Crippen LogP contribution is 2.37. The quantitative estimate of drug-likeness (QED) is 0.771. The molecule has 3 heteroatoms. The fraction of sp³-hybridized carbons (Fsp3) is 1.00. The average molecular weight is 227 g/mol. The van der Waals surface area contributed by atoms with E-state index in [1.54, 1.807) is 0 Å². The second kappa shape index (κ2) is 4.63. The van der Waals surface area contributed by atoms with Gasteiger partial charge in [-0.1, -0.05) is 20.3 Å². The fourth-order valence-corrected chi connectivity index (χ4v) is 2.95. The molecule has 0 aromatic heterocycles. The minimum atomic E-state index is -0.531. The van der Waals surface area contributed by atoms with Gasteiger partial charge in [0.2, 0.25) is 0 Å². The standard InChI is InChI=1S/C13H25NO2/c1-12(2)5-3-4-11(12)14-10-13(15)6-8-16-9-7-13/h11,14-15H,3-10H2,1-2H3. The maximum Gasteiger partial charge on any atom is 0.0815 e. The third kappa shape index (κ3) is 2.76. The lowest BCUT2D eigenvalue weighted by molar-refractivity contribution is -0.0639. The first-order chi connectivity index (χ1) is 7.52. The Morgan fingerprint density at radius 3 is 2.50 bits per heavy atom. The fourth-order valence-electron chi connectivity index (χ4n) is 2.95. The summed E-state index contributed by atoms with van der Waals surface area (Å²) in [4.78, 5) is 0. The van der Waals surface area contributed by atoms with Gasteiger partial charge in [0.25, 0.3) is 0 Å². The van der Waals surface area contributed by atoms with Crippen molar-refractivity contribution in [1.82, 2.24) is 5.32 Å². The summed E-state index contributed by atoms with van der Waals surface area (Å²) in [5.41, 5.74) is -0.140. The predicted molar refractivity (Wildman–Crippen MR) is 64.4 cm³/mol. The van der Waals surface area contributed by atoms with Crippen LogP contribution < -0.4 is 5.32 Å². The lowest BCUT2D eigenvalue weighted by Crippen LogP contribution is -2.50. The molecule has 1 saturated heterocycles. The summed E-state index contributed by atoms with van der Waals surface area (Å²) >= 11 is 0. The van der Waals surface area contributed by atoms with E-state index in [1.165, 1.54) is 19.3 Å². The van der Waals surface area contributed by atoms with Crippen molar-refractivity contribution >= 4 is 0 Å². The topological polar surface area (TPSA) is 41.5 Å². The van der Waals surface area contributed by atoms with Crippen LogP contribution in [0.1, 0.15) is 46.0 Å². The highest BCUT2D eigenvalue weighted by molar-refractivity contribution is 4.93. The first-order valence-electron chi connectivity index (χ1n) is 6.55. The van der Waals surface area contributed by atoms with Gasteiger partial charge in [-0.3, -0.25) is 0 Å². The Balaban J connectivity index is 1.82. The molecule has 1 atom stereocenters. The van der Waals surface area contributed by atoms with Gasteiger partial charge in [0.15, 0.2) is 0 Å². The molecule has 2 aliphatic rings. The van der Waals surface area contributed by atoms with Crippen LogP contribution in [0, 0.1) is 5.41 Å². The Morgan fingerprint density at radius 1 is 1.25 bits per heavy atom. The zero-order chi connectivity index (χ0) is 11.6. The minimum absolute atomic E-state index is 0.390. The molecule has 1 saturated carbocycles. The van der Waals surface area contributed by atoms with Crippen molar-refractivity contribution in [2.45, 2.75) is 57.6 Å². The molecule has 0 aromatic carbocycles. The van der Waals surface area contributed by atoms with Crippen LogP contribution in [0.5, 0.6) is 0 Å². The minimum Gasteiger partial charge on any atom is -0.388 e. The van der Waals surface area contributed by atoms with Crippen molar-refractivity contribution in [1.29, 1.82) is 0 Å². The Hall–Kier alpha value is -0.120. The molecule has 1 aliphatic heterocycles. The molecule has 0 bridgehead atoms. The highest BCUT2D eigenvalue weighted by atomic mass is 16.5. The van der Waals surface area contributed by atoms with Gasteiger partial charge in [-0.2, -0.15) is 0 Å². The van der Waals surface area contributed by atoms with E-state index in [1.807, 2.05) is 0 Å². The molecule has 2 rings (SSSR count). The number of rotatable bonds is 3. The van der Waals surface area contributed by atoms with Crippen molar-refractivity contribution in [2.24, 2.45) is 5.41 Å². The van der Waals surface area contributed by atoms with Crippen molar-refractivity contribution < 1.29 is 9.84 Å². The van der Waals surface area contributed by atoms with Gasteiger partial charge in [0, 0.05) is 38.6 Å². The smallest absolute Gasteiger partial charge is 0.0815 e. The van der Waals surface area contributed by atoms with Crippen LogP contribution in [0.25, 0.3) is 0 Å². The molecule has 16 heavy (non-hydrogen) atoms. The molecule has 3 nitrogen and oxygen atoms in total. The monoisotopic (exact) mass is 227 g/mol. The molecule has 94 valence electrons. The lowest BCUT2D eigenvalue weighted by Gasteiger charge is -2.36. The molecular formula is C13H25NO2. The van der Waals surface area contributed by atoms with Crippen molar-refractivity contribution in [3.8, 4) is 0 Å². The largest absolute Gasteiger partial charge is 0.388 e. The van der Waals surface area contributed by atoms with Gasteiger partial charge in [0.05, 0.1) is 5.60 Å². The molecule has 1 unspecified atom stereocenters. The molecule has 2 fully saturated rings.